The first-order valence-corrected chi connectivity index (χ1v) is 7.13. The number of benzene rings is 2. The van der Waals surface area contributed by atoms with Crippen molar-refractivity contribution in [3.05, 3.63) is 58.9 Å². The van der Waals surface area contributed by atoms with Crippen molar-refractivity contribution in [1.29, 1.82) is 0 Å². The van der Waals surface area contributed by atoms with E-state index in [9.17, 15) is 4.39 Å². The van der Waals surface area contributed by atoms with E-state index >= 15 is 0 Å². The van der Waals surface area contributed by atoms with Crippen LogP contribution in [-0.2, 0) is 6.54 Å². The molecule has 2 aromatic rings. The molecule has 1 aliphatic rings. The second kappa shape index (κ2) is 6.33. The van der Waals surface area contributed by atoms with Crippen molar-refractivity contribution in [1.82, 2.24) is 5.32 Å². The molecule has 1 unspecified atom stereocenters. The minimum atomic E-state index is -0.329. The van der Waals surface area contributed by atoms with E-state index in [1.54, 1.807) is 6.07 Å². The van der Waals surface area contributed by atoms with Gasteiger partial charge in [-0.15, -0.1) is 0 Å². The van der Waals surface area contributed by atoms with E-state index < -0.39 is 0 Å². The average Bonchev–Trinajstić information content (AvgIpc) is 2.49. The fraction of sp³-hybridized carbons (Fsp3) is 0.250. The standard InChI is InChI=1S/C16H15ClFNO2/c17-14-7-12(18)6-5-11(14)8-19-9-13-10-20-15-3-1-2-4-16(15)21-13/h1-7,13,19H,8-10H2. The summed E-state index contributed by atoms with van der Waals surface area (Å²) < 4.78 is 24.4. The number of fused-ring (bicyclic) bond motifs is 1. The monoisotopic (exact) mass is 307 g/mol. The molecule has 0 saturated carbocycles. The number of para-hydroxylation sites is 2. The van der Waals surface area contributed by atoms with Crippen molar-refractivity contribution in [2.75, 3.05) is 13.2 Å². The number of hydrogen-bond donors (Lipinski definition) is 1. The molecule has 0 spiro atoms. The summed E-state index contributed by atoms with van der Waals surface area (Å²) in [6.07, 6.45) is -0.0564. The van der Waals surface area contributed by atoms with Gasteiger partial charge < -0.3 is 14.8 Å². The molecule has 5 heteroatoms. The van der Waals surface area contributed by atoms with E-state index in [1.807, 2.05) is 24.3 Å². The Labute approximate surface area is 127 Å². The fourth-order valence-corrected chi connectivity index (χ4v) is 2.43. The lowest BCUT2D eigenvalue weighted by atomic mass is 10.2. The van der Waals surface area contributed by atoms with Gasteiger partial charge in [-0.2, -0.15) is 0 Å². The van der Waals surface area contributed by atoms with E-state index in [2.05, 4.69) is 5.32 Å². The summed E-state index contributed by atoms with van der Waals surface area (Å²) in [7, 11) is 0. The van der Waals surface area contributed by atoms with Gasteiger partial charge in [-0.25, -0.2) is 4.39 Å². The first-order valence-electron chi connectivity index (χ1n) is 6.75. The van der Waals surface area contributed by atoms with Crippen LogP contribution >= 0.6 is 11.6 Å². The number of rotatable bonds is 4. The molecule has 1 aliphatic heterocycles. The highest BCUT2D eigenvalue weighted by molar-refractivity contribution is 6.31. The Kier molecular flexibility index (Phi) is 4.27. The van der Waals surface area contributed by atoms with Crippen LogP contribution in [0.15, 0.2) is 42.5 Å². The molecule has 0 aromatic heterocycles. The molecule has 2 aromatic carbocycles. The van der Waals surface area contributed by atoms with E-state index in [1.165, 1.54) is 12.1 Å². The topological polar surface area (TPSA) is 30.5 Å². The number of ether oxygens (including phenoxy) is 2. The van der Waals surface area contributed by atoms with Crippen LogP contribution in [0.5, 0.6) is 11.5 Å². The zero-order valence-electron chi connectivity index (χ0n) is 11.3. The minimum Gasteiger partial charge on any atom is -0.486 e. The van der Waals surface area contributed by atoms with E-state index in [-0.39, 0.29) is 11.9 Å². The molecule has 0 saturated heterocycles. The van der Waals surface area contributed by atoms with Crippen LogP contribution in [0.4, 0.5) is 4.39 Å². The minimum absolute atomic E-state index is 0.0564. The third-order valence-electron chi connectivity index (χ3n) is 3.27. The van der Waals surface area contributed by atoms with Gasteiger partial charge in [-0.05, 0) is 29.8 Å². The Morgan fingerprint density at radius 2 is 2.00 bits per heavy atom. The second-order valence-corrected chi connectivity index (χ2v) is 5.27. The van der Waals surface area contributed by atoms with Gasteiger partial charge in [-0.3, -0.25) is 0 Å². The summed E-state index contributed by atoms with van der Waals surface area (Å²) in [5.74, 6) is 1.20. The Hall–Kier alpha value is -1.78. The van der Waals surface area contributed by atoms with E-state index in [4.69, 9.17) is 21.1 Å². The molecule has 1 atom stereocenters. The predicted octanol–water partition coefficient (Wildman–Crippen LogP) is 3.41. The summed E-state index contributed by atoms with van der Waals surface area (Å²) in [6.45, 7) is 1.68. The molecule has 0 radical (unpaired) electrons. The Morgan fingerprint density at radius 3 is 2.81 bits per heavy atom. The van der Waals surface area contributed by atoms with Gasteiger partial charge in [0.25, 0.3) is 0 Å². The number of halogens is 2. The third-order valence-corrected chi connectivity index (χ3v) is 3.62. The molecule has 0 aliphatic carbocycles. The summed E-state index contributed by atoms with van der Waals surface area (Å²) in [6, 6.07) is 12.0. The Balaban J connectivity index is 1.52. The van der Waals surface area contributed by atoms with Crippen molar-refractivity contribution >= 4 is 11.6 Å². The van der Waals surface area contributed by atoms with E-state index in [0.29, 0.717) is 24.7 Å². The van der Waals surface area contributed by atoms with Crippen LogP contribution in [0.2, 0.25) is 5.02 Å². The zero-order chi connectivity index (χ0) is 14.7. The first-order chi connectivity index (χ1) is 10.2. The second-order valence-electron chi connectivity index (χ2n) is 4.86. The van der Waals surface area contributed by atoms with Crippen molar-refractivity contribution in [2.45, 2.75) is 12.6 Å². The van der Waals surface area contributed by atoms with Crippen molar-refractivity contribution in [3.8, 4) is 11.5 Å². The van der Waals surface area contributed by atoms with Crippen LogP contribution in [0.3, 0.4) is 0 Å². The predicted molar refractivity (Wildman–Crippen MR) is 79.5 cm³/mol. The molecule has 3 rings (SSSR count). The molecule has 0 amide bonds. The first kappa shape index (κ1) is 14.2. The molecule has 0 bridgehead atoms. The molecule has 1 N–H and O–H groups in total. The molecule has 1 heterocycles. The molecule has 110 valence electrons. The van der Waals surface area contributed by atoms with Crippen LogP contribution in [0.1, 0.15) is 5.56 Å². The molecule has 21 heavy (non-hydrogen) atoms. The van der Waals surface area contributed by atoms with Crippen molar-refractivity contribution < 1.29 is 13.9 Å². The molecular formula is C16H15ClFNO2. The molecular weight excluding hydrogens is 293 g/mol. The Morgan fingerprint density at radius 1 is 1.19 bits per heavy atom. The summed E-state index contributed by atoms with van der Waals surface area (Å²) in [5.41, 5.74) is 0.857. The maximum atomic E-state index is 13.0. The van der Waals surface area contributed by atoms with Gasteiger partial charge in [0.1, 0.15) is 18.5 Å². The van der Waals surface area contributed by atoms with Gasteiger partial charge in [0, 0.05) is 18.1 Å². The van der Waals surface area contributed by atoms with Gasteiger partial charge in [0.05, 0.1) is 0 Å². The normalized spacial score (nSPS) is 16.8. The van der Waals surface area contributed by atoms with Crippen molar-refractivity contribution in [3.63, 3.8) is 0 Å². The van der Waals surface area contributed by atoms with Crippen LogP contribution in [0.25, 0.3) is 0 Å². The quantitative estimate of drug-likeness (QED) is 0.939. The summed E-state index contributed by atoms with van der Waals surface area (Å²) >= 11 is 5.98. The SMILES string of the molecule is Fc1ccc(CNCC2COc3ccccc3O2)c(Cl)c1. The van der Waals surface area contributed by atoms with Crippen LogP contribution < -0.4 is 14.8 Å². The lowest BCUT2D eigenvalue weighted by Crippen LogP contribution is -2.38. The fourth-order valence-electron chi connectivity index (χ4n) is 2.20. The largest absolute Gasteiger partial charge is 0.486 e. The van der Waals surface area contributed by atoms with Gasteiger partial charge in [0.2, 0.25) is 0 Å². The van der Waals surface area contributed by atoms with E-state index in [0.717, 1.165) is 17.1 Å². The average molecular weight is 308 g/mol. The van der Waals surface area contributed by atoms with Crippen molar-refractivity contribution in [2.24, 2.45) is 0 Å². The van der Waals surface area contributed by atoms with Crippen LogP contribution in [-0.4, -0.2) is 19.3 Å². The lowest BCUT2D eigenvalue weighted by Gasteiger charge is -2.26. The highest BCUT2D eigenvalue weighted by atomic mass is 35.5. The highest BCUT2D eigenvalue weighted by Crippen LogP contribution is 2.30. The smallest absolute Gasteiger partial charge is 0.161 e. The van der Waals surface area contributed by atoms with Gasteiger partial charge in [0.15, 0.2) is 11.5 Å². The molecule has 0 fully saturated rings. The maximum absolute atomic E-state index is 13.0. The third kappa shape index (κ3) is 3.46. The van der Waals surface area contributed by atoms with Gasteiger partial charge in [-0.1, -0.05) is 29.8 Å². The number of nitrogens with one attached hydrogen (secondary N) is 1. The van der Waals surface area contributed by atoms with Crippen LogP contribution in [0, 0.1) is 5.82 Å². The number of hydrogen-bond acceptors (Lipinski definition) is 3. The Bertz CT molecular complexity index is 635. The lowest BCUT2D eigenvalue weighted by molar-refractivity contribution is 0.0902. The summed E-state index contributed by atoms with van der Waals surface area (Å²) in [4.78, 5) is 0. The summed E-state index contributed by atoms with van der Waals surface area (Å²) in [5, 5.41) is 3.68. The van der Waals surface area contributed by atoms with Gasteiger partial charge >= 0.3 is 0 Å². The maximum Gasteiger partial charge on any atom is 0.161 e. The highest BCUT2D eigenvalue weighted by Gasteiger charge is 2.20. The zero-order valence-corrected chi connectivity index (χ0v) is 12.1. The molecule has 3 nitrogen and oxygen atoms in total.